The van der Waals surface area contributed by atoms with Gasteiger partial charge in [0.25, 0.3) is 0 Å². The van der Waals surface area contributed by atoms with Crippen LogP contribution < -0.4 is 0 Å². The van der Waals surface area contributed by atoms with Crippen LogP contribution in [0.2, 0.25) is 0 Å². The maximum atomic E-state index is 5.88. The van der Waals surface area contributed by atoms with Gasteiger partial charge in [0.2, 0.25) is 0 Å². The molecule has 1 nitrogen and oxygen atoms in total. The van der Waals surface area contributed by atoms with Crippen molar-refractivity contribution in [1.29, 1.82) is 4.10 Å². The van der Waals surface area contributed by atoms with E-state index in [0.29, 0.717) is 18.1 Å². The standard InChI is InChI=1S/C2H5.HN.Zn/c1-2;;/h1H2,2H3;1H;/q-1;;. The Morgan fingerprint density at radius 2 is 1.50 bits per heavy atom. The molecule has 0 aliphatic rings. The molecule has 0 heterocycles. The Balaban J connectivity index is 0. The van der Waals surface area contributed by atoms with Crippen LogP contribution in [0.25, 0.3) is 0 Å². The second-order valence-electron chi connectivity index (χ2n) is 0. The molecular formula is C2H6NZn-. The molecule has 2 heteroatoms. The van der Waals surface area contributed by atoms with Crippen molar-refractivity contribution in [2.45, 2.75) is 6.92 Å². The molecule has 0 aromatic carbocycles. The molecule has 22 valence electrons. The zero-order valence-corrected chi connectivity index (χ0v) is 5.88. The summed E-state index contributed by atoms with van der Waals surface area (Å²) in [5.74, 6) is 0. The topological polar surface area (TPSA) is 23.9 Å². The Morgan fingerprint density at radius 3 is 1.50 bits per heavy atom. The van der Waals surface area contributed by atoms with Gasteiger partial charge in [-0.2, -0.15) is 6.92 Å². The van der Waals surface area contributed by atoms with E-state index < -0.39 is 0 Å². The first-order valence-electron chi connectivity index (χ1n) is 1.06. The molecule has 0 saturated heterocycles. The summed E-state index contributed by atoms with van der Waals surface area (Å²) in [5, 5.41) is 0. The number of rotatable bonds is 0. The van der Waals surface area contributed by atoms with E-state index in [1.807, 2.05) is 0 Å². The van der Waals surface area contributed by atoms with Crippen LogP contribution in [-0.4, -0.2) is 0 Å². The summed E-state index contributed by atoms with van der Waals surface area (Å²) in [7, 11) is 0. The van der Waals surface area contributed by atoms with Crippen LogP contribution in [0.3, 0.4) is 0 Å². The van der Waals surface area contributed by atoms with E-state index in [2.05, 4.69) is 6.92 Å². The summed E-state index contributed by atoms with van der Waals surface area (Å²) in [6.45, 7) is 5.00. The quantitative estimate of drug-likeness (QED) is 0.356. The van der Waals surface area contributed by atoms with Crippen LogP contribution in [0.15, 0.2) is 0 Å². The molecule has 0 rings (SSSR count). The fourth-order valence-corrected chi connectivity index (χ4v) is 0. The Morgan fingerprint density at radius 1 is 1.50 bits per heavy atom. The van der Waals surface area contributed by atoms with Crippen LogP contribution in [-0.2, 0) is 18.1 Å². The van der Waals surface area contributed by atoms with E-state index in [-0.39, 0.29) is 0 Å². The second-order valence-corrected chi connectivity index (χ2v) is 0. The molecule has 0 bridgehead atoms. The third-order valence-corrected chi connectivity index (χ3v) is 0. The summed E-state index contributed by atoms with van der Waals surface area (Å²) >= 11 is 0.625. The van der Waals surface area contributed by atoms with Gasteiger partial charge >= 0.3 is 22.2 Å². The van der Waals surface area contributed by atoms with Gasteiger partial charge in [0.05, 0.1) is 0 Å². The molecule has 0 aliphatic heterocycles. The van der Waals surface area contributed by atoms with Gasteiger partial charge in [-0.25, -0.2) is 0 Å². The van der Waals surface area contributed by atoms with Gasteiger partial charge in [-0.15, -0.1) is 0 Å². The molecule has 0 amide bonds. The van der Waals surface area contributed by atoms with Crippen LogP contribution in [0, 0.1) is 11.0 Å². The predicted octanol–water partition coefficient (Wildman–Crippen LogP) is 1.14. The van der Waals surface area contributed by atoms with Gasteiger partial charge < -0.3 is 6.92 Å². The molecule has 0 fully saturated rings. The predicted molar refractivity (Wildman–Crippen MR) is 13.8 cm³/mol. The summed E-state index contributed by atoms with van der Waals surface area (Å²) in [6, 6.07) is 0. The van der Waals surface area contributed by atoms with Crippen LogP contribution in [0.1, 0.15) is 6.92 Å². The third-order valence-electron chi connectivity index (χ3n) is 0. The Kier molecular flexibility index (Phi) is 248. The molecule has 1 N–H and O–H groups in total. The monoisotopic (exact) mass is 108 g/mol. The van der Waals surface area contributed by atoms with Crippen molar-refractivity contribution in [3.63, 3.8) is 0 Å². The van der Waals surface area contributed by atoms with Crippen molar-refractivity contribution in [3.8, 4) is 0 Å². The Bertz CT molecular complexity index is 6.00. The van der Waals surface area contributed by atoms with Gasteiger partial charge in [0.1, 0.15) is 0 Å². The van der Waals surface area contributed by atoms with Gasteiger partial charge in [-0.3, -0.25) is 0 Å². The first kappa shape index (κ1) is 8.83. The van der Waals surface area contributed by atoms with Gasteiger partial charge in [0.15, 0.2) is 0 Å². The van der Waals surface area contributed by atoms with Crippen LogP contribution in [0.5, 0.6) is 0 Å². The number of hydrogen-bond acceptors (Lipinski definition) is 1. The molecule has 0 aromatic rings. The molecule has 0 spiro atoms. The number of hydrogen-bond donors (Lipinski definition) is 1. The molecule has 0 saturated carbocycles. The fourth-order valence-electron chi connectivity index (χ4n) is 0. The van der Waals surface area contributed by atoms with E-state index in [0.717, 1.165) is 0 Å². The third kappa shape index (κ3) is 27.4. The molecule has 0 aliphatic carbocycles. The molecule has 0 radical (unpaired) electrons. The van der Waals surface area contributed by atoms with Gasteiger partial charge in [-0.05, 0) is 0 Å². The van der Waals surface area contributed by atoms with Crippen molar-refractivity contribution in [2.75, 3.05) is 0 Å². The average Bonchev–Trinajstić information content (AvgIpc) is 1.50. The Hall–Kier alpha value is 0.423. The first-order chi connectivity index (χ1) is 2.00. The SMILES string of the molecule is [CH2-]C.[NH]=[Zn]. The van der Waals surface area contributed by atoms with Crippen LogP contribution >= 0.6 is 0 Å². The molecule has 0 unspecified atom stereocenters. The van der Waals surface area contributed by atoms with E-state index in [4.69, 9.17) is 4.10 Å². The van der Waals surface area contributed by atoms with E-state index >= 15 is 0 Å². The molecule has 4 heavy (non-hydrogen) atoms. The molecule has 0 aromatic heterocycles. The van der Waals surface area contributed by atoms with Crippen molar-refractivity contribution >= 4 is 0 Å². The molecular weight excluding hydrogens is 103 g/mol. The summed E-state index contributed by atoms with van der Waals surface area (Å²) in [5.41, 5.74) is 0. The van der Waals surface area contributed by atoms with E-state index in [1.54, 1.807) is 6.92 Å². The van der Waals surface area contributed by atoms with Crippen LogP contribution in [0.4, 0.5) is 0 Å². The maximum absolute atomic E-state index is 5.88. The van der Waals surface area contributed by atoms with Crippen molar-refractivity contribution in [1.82, 2.24) is 0 Å². The first-order valence-corrected chi connectivity index (χ1v) is 2.54. The van der Waals surface area contributed by atoms with Crippen molar-refractivity contribution in [3.05, 3.63) is 6.92 Å². The van der Waals surface area contributed by atoms with Crippen molar-refractivity contribution in [2.24, 2.45) is 0 Å². The summed E-state index contributed by atoms with van der Waals surface area (Å²) < 4.78 is 5.88. The zero-order chi connectivity index (χ0) is 4.00. The normalized spacial score (nSPS) is 3.00. The second kappa shape index (κ2) is 112. The van der Waals surface area contributed by atoms with Gasteiger partial charge in [-0.1, -0.05) is 0 Å². The average molecular weight is 109 g/mol. The minimum absolute atomic E-state index is 0.625. The summed E-state index contributed by atoms with van der Waals surface area (Å²) in [4.78, 5) is 0. The van der Waals surface area contributed by atoms with E-state index in [1.165, 1.54) is 0 Å². The van der Waals surface area contributed by atoms with Gasteiger partial charge in [0, 0.05) is 0 Å². The fraction of sp³-hybridized carbons (Fsp3) is 0.500. The van der Waals surface area contributed by atoms with E-state index in [9.17, 15) is 0 Å². The Labute approximate surface area is 36.7 Å². The molecule has 0 atom stereocenters. The summed E-state index contributed by atoms with van der Waals surface area (Å²) in [6.07, 6.45) is 0. The van der Waals surface area contributed by atoms with Crippen molar-refractivity contribution < 1.29 is 18.1 Å². The number of nitrogens with one attached hydrogen (secondary N) is 1. The minimum atomic E-state index is 0.625. The zero-order valence-electron chi connectivity index (χ0n) is 2.91.